The summed E-state index contributed by atoms with van der Waals surface area (Å²) in [5, 5.41) is 10.5. The highest BCUT2D eigenvalue weighted by molar-refractivity contribution is 6.47. The van der Waals surface area contributed by atoms with Crippen LogP contribution in [0.5, 0.6) is 0 Å². The van der Waals surface area contributed by atoms with Gasteiger partial charge in [0.25, 0.3) is 0 Å². The number of aromatic nitrogens is 4. The Morgan fingerprint density at radius 2 is 0.947 bits per heavy atom. The molecule has 9 rings (SSSR count). The Kier molecular flexibility index (Phi) is 8.51. The molecule has 0 spiro atoms. The quantitative estimate of drug-likeness (QED) is 0.156. The first-order valence-electron chi connectivity index (χ1n) is 19.8. The third-order valence-corrected chi connectivity index (χ3v) is 12.7. The first-order valence-corrected chi connectivity index (χ1v) is 19.8. The van der Waals surface area contributed by atoms with Crippen molar-refractivity contribution >= 4 is 12.9 Å². The molecule has 1 N–H and O–H groups in total. The normalized spacial score (nSPS) is 14.8. The first kappa shape index (κ1) is 36.9. The lowest BCUT2D eigenvalue weighted by molar-refractivity contribution is -0.0893. The van der Waals surface area contributed by atoms with Crippen molar-refractivity contribution in [1.29, 1.82) is 0 Å². The molecule has 0 aliphatic heterocycles. The van der Waals surface area contributed by atoms with E-state index in [1.807, 2.05) is 44.3 Å². The maximum absolute atomic E-state index is 10.5. The first-order chi connectivity index (χ1) is 27.1. The van der Waals surface area contributed by atoms with E-state index in [9.17, 15) is 5.11 Å². The van der Waals surface area contributed by atoms with Crippen LogP contribution < -0.4 is 5.46 Å². The minimum Gasteiger partial charge on any atom is -0.427 e. The van der Waals surface area contributed by atoms with Crippen molar-refractivity contribution in [3.63, 3.8) is 0 Å². The van der Waals surface area contributed by atoms with E-state index in [0.717, 1.165) is 33.4 Å². The van der Waals surface area contributed by atoms with Crippen molar-refractivity contribution in [2.45, 2.75) is 77.4 Å². The molecule has 7 aromatic rings. The lowest BCUT2D eigenvalue weighted by Gasteiger charge is -2.37. The van der Waals surface area contributed by atoms with Gasteiger partial charge in [-0.05, 0) is 96.5 Å². The molecule has 6 nitrogen and oxygen atoms in total. The lowest BCUT2D eigenvalue weighted by atomic mass is 9.82. The number of rotatable bonds is 8. The number of hydrogen-bond acceptors (Lipinski definition) is 6. The van der Waals surface area contributed by atoms with Crippen LogP contribution >= 0.6 is 0 Å². The van der Waals surface area contributed by atoms with Gasteiger partial charge >= 0.3 is 7.48 Å². The van der Waals surface area contributed by atoms with Gasteiger partial charge in [-0.25, -0.2) is 15.0 Å². The molecule has 0 saturated heterocycles. The molecular formula is C50H47BN4O2. The number of pyridine rings is 1. The topological polar surface area (TPSA) is 81.0 Å². The zero-order valence-electron chi connectivity index (χ0n) is 34.0. The molecular weight excluding hydrogens is 699 g/mol. The van der Waals surface area contributed by atoms with Gasteiger partial charge in [0.1, 0.15) is 0 Å². The number of nitrogens with zero attached hydrogens (tertiary/aromatic N) is 4. The summed E-state index contributed by atoms with van der Waals surface area (Å²) in [5.41, 5.74) is 13.9. The van der Waals surface area contributed by atoms with Gasteiger partial charge in [-0.2, -0.15) is 0 Å². The summed E-state index contributed by atoms with van der Waals surface area (Å²) in [7, 11) is 0.399. The van der Waals surface area contributed by atoms with E-state index in [1.54, 1.807) is 13.8 Å². The van der Waals surface area contributed by atoms with Crippen LogP contribution in [-0.2, 0) is 15.5 Å². The van der Waals surface area contributed by atoms with Crippen LogP contribution in [0.25, 0.3) is 67.7 Å². The van der Waals surface area contributed by atoms with Crippen LogP contribution in [0.3, 0.4) is 0 Å². The fraction of sp³-hybridized carbons (Fsp3) is 0.240. The van der Waals surface area contributed by atoms with Crippen molar-refractivity contribution in [3.8, 4) is 67.7 Å². The standard InChI is InChI=1S/C50H47BN4O2/c1-47(2)39-15-11-9-13-35(39)37-27-31(19-24-41(37)47)44-53-45(32-20-25-42-38(28-32)36-14-10-12-16-40(36)48(42,3)4)55-46(54-44)33-21-26-43(52-29-33)30-17-22-34(23-18-30)51-57-50(7,8)49(5,6)56/h9-29,51,56H,1-8H3. The van der Waals surface area contributed by atoms with Gasteiger partial charge < -0.3 is 9.76 Å². The molecule has 282 valence electrons. The third kappa shape index (κ3) is 6.21. The highest BCUT2D eigenvalue weighted by Gasteiger charge is 2.37. The van der Waals surface area contributed by atoms with Crippen molar-refractivity contribution in [2.24, 2.45) is 0 Å². The average Bonchev–Trinajstić information content (AvgIpc) is 3.58. The summed E-state index contributed by atoms with van der Waals surface area (Å²) >= 11 is 0. The SMILES string of the molecule is CC1(C)c2ccccc2-c2cc(-c3nc(-c4ccc(-c5ccc(BOC(C)(C)C(C)(C)O)cc5)nc4)nc(-c4ccc5c(c4)-c4ccccc4C5(C)C)n3)ccc21. The number of fused-ring (bicyclic) bond motifs is 6. The Morgan fingerprint density at radius 1 is 0.509 bits per heavy atom. The van der Waals surface area contributed by atoms with Gasteiger partial charge in [0, 0.05) is 39.3 Å². The Labute approximate surface area is 336 Å². The maximum atomic E-state index is 10.5. The van der Waals surface area contributed by atoms with Gasteiger partial charge in [0.2, 0.25) is 0 Å². The zero-order valence-corrected chi connectivity index (χ0v) is 34.0. The molecule has 57 heavy (non-hydrogen) atoms. The smallest absolute Gasteiger partial charge is 0.309 e. The summed E-state index contributed by atoms with van der Waals surface area (Å²) in [6.07, 6.45) is 1.85. The van der Waals surface area contributed by atoms with E-state index in [-0.39, 0.29) is 10.8 Å². The van der Waals surface area contributed by atoms with Crippen molar-refractivity contribution in [2.75, 3.05) is 0 Å². The van der Waals surface area contributed by atoms with E-state index >= 15 is 0 Å². The van der Waals surface area contributed by atoms with E-state index < -0.39 is 11.2 Å². The fourth-order valence-corrected chi connectivity index (χ4v) is 8.39. The fourth-order valence-electron chi connectivity index (χ4n) is 8.39. The van der Waals surface area contributed by atoms with Gasteiger partial charge in [0.15, 0.2) is 17.5 Å². The van der Waals surface area contributed by atoms with E-state index in [2.05, 4.69) is 125 Å². The van der Waals surface area contributed by atoms with Gasteiger partial charge in [-0.1, -0.05) is 130 Å². The average molecular weight is 747 g/mol. The number of aliphatic hydroxyl groups is 1. The van der Waals surface area contributed by atoms with Crippen LogP contribution in [-0.4, -0.2) is 43.7 Å². The molecule has 2 aromatic heterocycles. The Bertz CT molecular complexity index is 2570. The molecule has 0 fully saturated rings. The van der Waals surface area contributed by atoms with Crippen LogP contribution in [0.1, 0.15) is 77.6 Å². The summed E-state index contributed by atoms with van der Waals surface area (Å²) in [6.45, 7) is 16.5. The molecule has 0 amide bonds. The second kappa shape index (κ2) is 13.2. The van der Waals surface area contributed by atoms with Crippen molar-refractivity contribution < 1.29 is 9.76 Å². The highest BCUT2D eigenvalue weighted by atomic mass is 16.5. The van der Waals surface area contributed by atoms with Gasteiger partial charge in [-0.3, -0.25) is 4.98 Å². The van der Waals surface area contributed by atoms with Crippen molar-refractivity contribution in [3.05, 3.63) is 150 Å². The highest BCUT2D eigenvalue weighted by Crippen LogP contribution is 2.51. The number of hydrogen-bond donors (Lipinski definition) is 1. The largest absolute Gasteiger partial charge is 0.427 e. The monoisotopic (exact) mass is 746 g/mol. The van der Waals surface area contributed by atoms with E-state index in [0.29, 0.717) is 25.0 Å². The molecule has 2 aliphatic carbocycles. The van der Waals surface area contributed by atoms with Crippen LogP contribution in [0, 0.1) is 0 Å². The molecule has 0 unspecified atom stereocenters. The predicted molar refractivity (Wildman–Crippen MR) is 233 cm³/mol. The van der Waals surface area contributed by atoms with Gasteiger partial charge in [0.05, 0.1) is 16.9 Å². The molecule has 5 aromatic carbocycles. The van der Waals surface area contributed by atoms with Crippen LogP contribution in [0.15, 0.2) is 128 Å². The number of benzene rings is 5. The maximum Gasteiger partial charge on any atom is 0.309 e. The second-order valence-electron chi connectivity index (χ2n) is 17.7. The van der Waals surface area contributed by atoms with Crippen LogP contribution in [0.2, 0.25) is 0 Å². The van der Waals surface area contributed by atoms with E-state index in [4.69, 9.17) is 24.6 Å². The molecule has 2 heterocycles. The summed E-state index contributed by atoms with van der Waals surface area (Å²) in [4.78, 5) is 20.3. The second-order valence-corrected chi connectivity index (χ2v) is 17.7. The summed E-state index contributed by atoms with van der Waals surface area (Å²) in [5.74, 6) is 1.81. The predicted octanol–water partition coefficient (Wildman–Crippen LogP) is 10.1. The summed E-state index contributed by atoms with van der Waals surface area (Å²) < 4.78 is 6.08. The van der Waals surface area contributed by atoms with Crippen molar-refractivity contribution in [1.82, 2.24) is 19.9 Å². The summed E-state index contributed by atoms with van der Waals surface area (Å²) in [6, 6.07) is 42.9. The third-order valence-electron chi connectivity index (χ3n) is 12.7. The molecule has 7 heteroatoms. The lowest BCUT2D eigenvalue weighted by Crippen LogP contribution is -2.49. The Morgan fingerprint density at radius 3 is 1.42 bits per heavy atom. The van der Waals surface area contributed by atoms with Crippen LogP contribution in [0.4, 0.5) is 0 Å². The molecule has 0 bridgehead atoms. The molecule has 2 aliphatic rings. The zero-order chi connectivity index (χ0) is 39.9. The molecule has 0 saturated carbocycles. The van der Waals surface area contributed by atoms with Gasteiger partial charge in [-0.15, -0.1) is 0 Å². The molecule has 0 atom stereocenters. The molecule has 0 radical (unpaired) electrons. The minimum atomic E-state index is -0.965. The minimum absolute atomic E-state index is 0.0933. The Balaban J connectivity index is 1.10. The van der Waals surface area contributed by atoms with E-state index in [1.165, 1.54) is 44.5 Å². The Hall–Kier alpha value is -5.76.